The molecule has 1 N–H and O–H groups in total. The summed E-state index contributed by atoms with van der Waals surface area (Å²) < 4.78 is 1.90. The molecule has 1 amide bonds. The first-order valence-electron chi connectivity index (χ1n) is 6.99. The summed E-state index contributed by atoms with van der Waals surface area (Å²) >= 11 is 0. The molecule has 1 aromatic heterocycles. The van der Waals surface area contributed by atoms with Crippen molar-refractivity contribution in [2.24, 2.45) is 0 Å². The minimum atomic E-state index is -0.291. The molecule has 4 heteroatoms. The monoisotopic (exact) mass is 279 g/mol. The largest absolute Gasteiger partial charge is 0.350 e. The van der Waals surface area contributed by atoms with Crippen molar-refractivity contribution in [1.29, 1.82) is 0 Å². The van der Waals surface area contributed by atoms with E-state index in [1.54, 1.807) is 6.33 Å². The van der Waals surface area contributed by atoms with Crippen LogP contribution in [0.15, 0.2) is 60.9 Å². The van der Waals surface area contributed by atoms with E-state index < -0.39 is 0 Å². The van der Waals surface area contributed by atoms with Gasteiger partial charge in [-0.3, -0.25) is 4.79 Å². The molecule has 4 nitrogen and oxygen atoms in total. The Bertz CT molecular complexity index is 749. The van der Waals surface area contributed by atoms with Crippen LogP contribution in [0.5, 0.6) is 0 Å². The van der Waals surface area contributed by atoms with Crippen molar-refractivity contribution in [2.75, 3.05) is 0 Å². The molecule has 1 atom stereocenters. The number of amides is 1. The van der Waals surface area contributed by atoms with Gasteiger partial charge in [0.15, 0.2) is 0 Å². The Morgan fingerprint density at radius 1 is 1.14 bits per heavy atom. The number of imidazole rings is 1. The topological polar surface area (TPSA) is 46.9 Å². The van der Waals surface area contributed by atoms with E-state index in [4.69, 9.17) is 0 Å². The van der Waals surface area contributed by atoms with E-state index in [1.807, 2.05) is 66.1 Å². The van der Waals surface area contributed by atoms with Gasteiger partial charge in [-0.2, -0.15) is 0 Å². The van der Waals surface area contributed by atoms with Gasteiger partial charge < -0.3 is 9.88 Å². The Morgan fingerprint density at radius 2 is 1.86 bits per heavy atom. The van der Waals surface area contributed by atoms with E-state index in [-0.39, 0.29) is 11.9 Å². The van der Waals surface area contributed by atoms with Gasteiger partial charge in [-0.1, -0.05) is 42.5 Å². The lowest BCUT2D eigenvalue weighted by Gasteiger charge is -2.14. The number of hydrogen-bond acceptors (Lipinski definition) is 2. The highest BCUT2D eigenvalue weighted by molar-refractivity contribution is 5.83. The van der Waals surface area contributed by atoms with Crippen molar-refractivity contribution in [2.45, 2.75) is 19.5 Å². The van der Waals surface area contributed by atoms with Crippen LogP contribution in [-0.4, -0.2) is 15.5 Å². The molecule has 21 heavy (non-hydrogen) atoms. The van der Waals surface area contributed by atoms with Crippen LogP contribution in [0.4, 0.5) is 0 Å². The van der Waals surface area contributed by atoms with Gasteiger partial charge in [0.1, 0.15) is 6.04 Å². The maximum Gasteiger partial charge on any atom is 0.243 e. The summed E-state index contributed by atoms with van der Waals surface area (Å²) in [5, 5.41) is 2.96. The lowest BCUT2D eigenvalue weighted by Crippen LogP contribution is -2.30. The van der Waals surface area contributed by atoms with E-state index in [0.29, 0.717) is 6.54 Å². The van der Waals surface area contributed by atoms with E-state index >= 15 is 0 Å². The van der Waals surface area contributed by atoms with Gasteiger partial charge in [0.05, 0.1) is 17.4 Å². The quantitative estimate of drug-likeness (QED) is 0.798. The van der Waals surface area contributed by atoms with Gasteiger partial charge in [-0.05, 0) is 24.6 Å². The fourth-order valence-electron chi connectivity index (χ4n) is 2.35. The summed E-state index contributed by atoms with van der Waals surface area (Å²) in [6.45, 7) is 2.42. The minimum Gasteiger partial charge on any atom is -0.350 e. The average Bonchev–Trinajstić information content (AvgIpc) is 2.97. The van der Waals surface area contributed by atoms with Gasteiger partial charge in [0.2, 0.25) is 5.91 Å². The maximum absolute atomic E-state index is 12.3. The van der Waals surface area contributed by atoms with E-state index in [0.717, 1.165) is 16.6 Å². The molecule has 3 aromatic rings. The molecule has 106 valence electrons. The molecule has 0 spiro atoms. The number of benzene rings is 2. The van der Waals surface area contributed by atoms with Crippen LogP contribution >= 0.6 is 0 Å². The highest BCUT2D eigenvalue weighted by atomic mass is 16.2. The minimum absolute atomic E-state index is 0.0120. The zero-order chi connectivity index (χ0) is 14.7. The summed E-state index contributed by atoms with van der Waals surface area (Å²) in [5.74, 6) is -0.0120. The second-order valence-corrected chi connectivity index (χ2v) is 5.02. The Balaban J connectivity index is 1.72. The predicted molar refractivity (Wildman–Crippen MR) is 82.7 cm³/mol. The summed E-state index contributed by atoms with van der Waals surface area (Å²) in [6.07, 6.45) is 1.72. The number of nitrogens with one attached hydrogen (secondary N) is 1. The van der Waals surface area contributed by atoms with Crippen molar-refractivity contribution in [3.8, 4) is 0 Å². The summed E-state index contributed by atoms with van der Waals surface area (Å²) in [5.41, 5.74) is 2.97. The standard InChI is InChI=1S/C17H17N3O/c1-13(17(21)18-11-14-7-3-2-4-8-14)20-12-19-15-9-5-6-10-16(15)20/h2-10,12-13H,11H2,1H3,(H,18,21). The van der Waals surface area contributed by atoms with Gasteiger partial charge in [-0.15, -0.1) is 0 Å². The Labute approximate surface area is 123 Å². The molecule has 0 bridgehead atoms. The van der Waals surface area contributed by atoms with Gasteiger partial charge in [0.25, 0.3) is 0 Å². The normalized spacial score (nSPS) is 12.2. The first-order chi connectivity index (χ1) is 10.3. The molecule has 0 saturated heterocycles. The number of rotatable bonds is 4. The first-order valence-corrected chi connectivity index (χ1v) is 6.99. The number of carbonyl (C=O) groups excluding carboxylic acids is 1. The second kappa shape index (κ2) is 5.79. The molecule has 1 unspecified atom stereocenters. The van der Waals surface area contributed by atoms with Crippen molar-refractivity contribution in [1.82, 2.24) is 14.9 Å². The molecule has 0 aliphatic carbocycles. The van der Waals surface area contributed by atoms with Crippen LogP contribution in [0.3, 0.4) is 0 Å². The Morgan fingerprint density at radius 3 is 2.67 bits per heavy atom. The number of carbonyl (C=O) groups is 1. The van der Waals surface area contributed by atoms with E-state index in [2.05, 4.69) is 10.3 Å². The maximum atomic E-state index is 12.3. The Hall–Kier alpha value is -2.62. The van der Waals surface area contributed by atoms with E-state index in [9.17, 15) is 4.79 Å². The third kappa shape index (κ3) is 2.79. The Kier molecular flexibility index (Phi) is 3.69. The molecule has 1 heterocycles. The average molecular weight is 279 g/mol. The number of aromatic nitrogens is 2. The van der Waals surface area contributed by atoms with Gasteiger partial charge >= 0.3 is 0 Å². The summed E-state index contributed by atoms with van der Waals surface area (Å²) in [7, 11) is 0. The molecular weight excluding hydrogens is 262 g/mol. The van der Waals surface area contributed by atoms with Crippen molar-refractivity contribution >= 4 is 16.9 Å². The molecule has 3 rings (SSSR count). The zero-order valence-electron chi connectivity index (χ0n) is 11.9. The molecule has 0 aliphatic heterocycles. The van der Waals surface area contributed by atoms with Crippen molar-refractivity contribution in [3.05, 3.63) is 66.5 Å². The lowest BCUT2D eigenvalue weighted by molar-refractivity contribution is -0.123. The summed E-state index contributed by atoms with van der Waals surface area (Å²) in [6, 6.07) is 17.4. The number of nitrogens with zero attached hydrogens (tertiary/aromatic N) is 2. The van der Waals surface area contributed by atoms with Crippen LogP contribution in [0, 0.1) is 0 Å². The first kappa shape index (κ1) is 13.4. The SMILES string of the molecule is CC(C(=O)NCc1ccccc1)n1cnc2ccccc21. The number of para-hydroxylation sites is 2. The number of fused-ring (bicyclic) bond motifs is 1. The predicted octanol–water partition coefficient (Wildman–Crippen LogP) is 2.91. The third-order valence-electron chi connectivity index (χ3n) is 3.59. The lowest BCUT2D eigenvalue weighted by atomic mass is 10.2. The molecule has 2 aromatic carbocycles. The van der Waals surface area contributed by atoms with Crippen LogP contribution in [-0.2, 0) is 11.3 Å². The number of hydrogen-bond donors (Lipinski definition) is 1. The molecule has 0 fully saturated rings. The van der Waals surface area contributed by atoms with Gasteiger partial charge in [0, 0.05) is 6.54 Å². The molecule has 0 aliphatic rings. The van der Waals surface area contributed by atoms with Crippen LogP contribution in [0.2, 0.25) is 0 Å². The smallest absolute Gasteiger partial charge is 0.243 e. The fourth-order valence-corrected chi connectivity index (χ4v) is 2.35. The van der Waals surface area contributed by atoms with Crippen molar-refractivity contribution < 1.29 is 4.79 Å². The van der Waals surface area contributed by atoms with E-state index in [1.165, 1.54) is 0 Å². The molecule has 0 radical (unpaired) electrons. The zero-order valence-corrected chi connectivity index (χ0v) is 11.9. The molecular formula is C17H17N3O. The van der Waals surface area contributed by atoms with Crippen LogP contribution in [0.25, 0.3) is 11.0 Å². The van der Waals surface area contributed by atoms with Crippen LogP contribution in [0.1, 0.15) is 18.5 Å². The van der Waals surface area contributed by atoms with Crippen molar-refractivity contribution in [3.63, 3.8) is 0 Å². The highest BCUT2D eigenvalue weighted by Crippen LogP contribution is 2.17. The summed E-state index contributed by atoms with van der Waals surface area (Å²) in [4.78, 5) is 16.6. The third-order valence-corrected chi connectivity index (χ3v) is 3.59. The van der Waals surface area contributed by atoms with Crippen LogP contribution < -0.4 is 5.32 Å². The second-order valence-electron chi connectivity index (χ2n) is 5.02. The highest BCUT2D eigenvalue weighted by Gasteiger charge is 2.16. The molecule has 0 saturated carbocycles. The fraction of sp³-hybridized carbons (Fsp3) is 0.176. The van der Waals surface area contributed by atoms with Gasteiger partial charge in [-0.25, -0.2) is 4.98 Å².